The topological polar surface area (TPSA) is 9.23 Å². The van der Waals surface area contributed by atoms with E-state index in [1.54, 1.807) is 0 Å². The minimum Gasteiger partial charge on any atom is -0.378 e. The van der Waals surface area contributed by atoms with Gasteiger partial charge in [-0.05, 0) is 19.8 Å². The molecule has 2 heteroatoms. The van der Waals surface area contributed by atoms with E-state index in [-0.39, 0.29) is 0 Å². The van der Waals surface area contributed by atoms with Crippen molar-refractivity contribution in [1.82, 2.24) is 0 Å². The quantitative estimate of drug-likeness (QED) is 0.543. The highest BCUT2D eigenvalue weighted by Gasteiger charge is 1.99. The van der Waals surface area contributed by atoms with E-state index in [4.69, 9.17) is 4.74 Å². The first-order chi connectivity index (χ1) is 4.16. The van der Waals surface area contributed by atoms with E-state index < -0.39 is 0 Å². The zero-order valence-electron chi connectivity index (χ0n) is 6.36. The first kappa shape index (κ1) is 9.69. The number of rotatable bonds is 4. The molecule has 0 saturated heterocycles. The van der Waals surface area contributed by atoms with Crippen molar-refractivity contribution in [3.8, 4) is 0 Å². The zero-order chi connectivity index (χ0) is 7.28. The van der Waals surface area contributed by atoms with Gasteiger partial charge in [0.15, 0.2) is 0 Å². The van der Waals surface area contributed by atoms with Gasteiger partial charge in [0.25, 0.3) is 0 Å². The third-order valence-corrected chi connectivity index (χ3v) is 2.48. The highest BCUT2D eigenvalue weighted by atomic mass is 127. The van der Waals surface area contributed by atoms with E-state index in [0.29, 0.717) is 12.0 Å². The van der Waals surface area contributed by atoms with E-state index in [1.807, 2.05) is 0 Å². The summed E-state index contributed by atoms with van der Waals surface area (Å²) in [4.78, 5) is 0. The summed E-state index contributed by atoms with van der Waals surface area (Å²) in [5.74, 6) is 0.702. The Kier molecular flexibility index (Phi) is 5.89. The average molecular weight is 242 g/mol. The fourth-order valence-electron chi connectivity index (χ4n) is 0.401. The van der Waals surface area contributed by atoms with Crippen LogP contribution in [0.15, 0.2) is 0 Å². The lowest BCUT2D eigenvalue weighted by atomic mass is 10.2. The van der Waals surface area contributed by atoms with E-state index in [9.17, 15) is 0 Å². The number of ether oxygens (including phenoxy) is 1. The fourth-order valence-corrected chi connectivity index (χ4v) is 0.656. The van der Waals surface area contributed by atoms with Crippen LogP contribution in [0.2, 0.25) is 0 Å². The Balaban J connectivity index is 3.06. The van der Waals surface area contributed by atoms with Gasteiger partial charge in [0.1, 0.15) is 0 Å². The molecule has 0 heterocycles. The number of alkyl halides is 1. The molecule has 0 fully saturated rings. The molecule has 9 heavy (non-hydrogen) atoms. The van der Waals surface area contributed by atoms with Crippen molar-refractivity contribution < 1.29 is 4.74 Å². The van der Waals surface area contributed by atoms with Crippen LogP contribution in [0.5, 0.6) is 0 Å². The lowest BCUT2D eigenvalue weighted by Gasteiger charge is -2.10. The lowest BCUT2D eigenvalue weighted by molar-refractivity contribution is 0.0608. The van der Waals surface area contributed by atoms with Gasteiger partial charge >= 0.3 is 0 Å². The predicted molar refractivity (Wildman–Crippen MR) is 49.1 cm³/mol. The molecule has 1 atom stereocenters. The molecule has 0 aliphatic heterocycles. The largest absolute Gasteiger partial charge is 0.378 e. The van der Waals surface area contributed by atoms with Crippen molar-refractivity contribution in [1.29, 1.82) is 0 Å². The third-order valence-electron chi connectivity index (χ3n) is 0.977. The second-order valence-corrected chi connectivity index (χ2v) is 3.52. The van der Waals surface area contributed by atoms with Crippen LogP contribution in [0, 0.1) is 5.92 Å². The van der Waals surface area contributed by atoms with Crippen molar-refractivity contribution in [2.45, 2.75) is 26.9 Å². The second-order valence-electron chi connectivity index (χ2n) is 2.64. The molecule has 1 unspecified atom stereocenters. The molecule has 0 bridgehead atoms. The van der Waals surface area contributed by atoms with Crippen LogP contribution in [0.25, 0.3) is 0 Å². The summed E-state index contributed by atoms with van der Waals surface area (Å²) < 4.78 is 6.57. The minimum atomic E-state index is 0.385. The maximum atomic E-state index is 5.39. The molecule has 0 amide bonds. The van der Waals surface area contributed by atoms with Crippen molar-refractivity contribution in [2.24, 2.45) is 5.92 Å². The van der Waals surface area contributed by atoms with Crippen molar-refractivity contribution >= 4 is 22.6 Å². The highest BCUT2D eigenvalue weighted by molar-refractivity contribution is 14.1. The zero-order valence-corrected chi connectivity index (χ0v) is 8.51. The number of hydrogen-bond donors (Lipinski definition) is 0. The minimum absolute atomic E-state index is 0.385. The molecular weight excluding hydrogens is 227 g/mol. The molecule has 0 saturated carbocycles. The summed E-state index contributed by atoms with van der Waals surface area (Å²) in [6, 6.07) is 0. The van der Waals surface area contributed by atoms with Gasteiger partial charge in [-0.2, -0.15) is 0 Å². The molecule has 1 nitrogen and oxygen atoms in total. The predicted octanol–water partition coefficient (Wildman–Crippen LogP) is 2.48. The maximum absolute atomic E-state index is 5.39. The monoisotopic (exact) mass is 242 g/mol. The molecule has 0 spiro atoms. The first-order valence-electron chi connectivity index (χ1n) is 3.34. The summed E-state index contributed by atoms with van der Waals surface area (Å²) in [6.45, 7) is 7.25. The normalized spacial score (nSPS) is 14.3. The molecule has 0 rings (SSSR count). The number of halogens is 1. The molecule has 0 radical (unpaired) electrons. The summed E-state index contributed by atoms with van der Waals surface area (Å²) in [6.07, 6.45) is 0.385. The number of hydrogen-bond acceptors (Lipinski definition) is 1. The van der Waals surface area contributed by atoms with Crippen LogP contribution in [-0.2, 0) is 4.74 Å². The molecular formula is C7H15IO. The van der Waals surface area contributed by atoms with Gasteiger partial charge < -0.3 is 4.74 Å². The third kappa shape index (κ3) is 6.58. The van der Waals surface area contributed by atoms with E-state index in [1.165, 1.54) is 4.43 Å². The average Bonchev–Trinajstić information content (AvgIpc) is 1.83. The van der Waals surface area contributed by atoms with Crippen LogP contribution < -0.4 is 0 Å². The van der Waals surface area contributed by atoms with E-state index >= 15 is 0 Å². The van der Waals surface area contributed by atoms with Gasteiger partial charge in [0.05, 0.1) is 12.7 Å². The van der Waals surface area contributed by atoms with Gasteiger partial charge in [-0.3, -0.25) is 0 Å². The molecule has 0 N–H and O–H groups in total. The second kappa shape index (κ2) is 5.47. The van der Waals surface area contributed by atoms with Crippen molar-refractivity contribution in [3.63, 3.8) is 0 Å². The van der Waals surface area contributed by atoms with Gasteiger partial charge in [-0.25, -0.2) is 0 Å². The summed E-state index contributed by atoms with van der Waals surface area (Å²) >= 11 is 2.38. The summed E-state index contributed by atoms with van der Waals surface area (Å²) in [5.41, 5.74) is 0. The Morgan fingerprint density at radius 2 is 1.89 bits per heavy atom. The SMILES string of the molecule is CC(CI)COC(C)C. The van der Waals surface area contributed by atoms with Crippen LogP contribution in [0.3, 0.4) is 0 Å². The highest BCUT2D eigenvalue weighted by Crippen LogP contribution is 2.02. The van der Waals surface area contributed by atoms with Crippen molar-refractivity contribution in [3.05, 3.63) is 0 Å². The molecule has 0 aliphatic carbocycles. The fraction of sp³-hybridized carbons (Fsp3) is 1.00. The van der Waals surface area contributed by atoms with Crippen LogP contribution in [0.4, 0.5) is 0 Å². The summed E-state index contributed by atoms with van der Waals surface area (Å²) in [7, 11) is 0. The van der Waals surface area contributed by atoms with Gasteiger partial charge in [0, 0.05) is 4.43 Å². The van der Waals surface area contributed by atoms with E-state index in [2.05, 4.69) is 43.4 Å². The van der Waals surface area contributed by atoms with Crippen LogP contribution in [0.1, 0.15) is 20.8 Å². The van der Waals surface area contributed by atoms with Gasteiger partial charge in [-0.15, -0.1) is 0 Å². The Morgan fingerprint density at radius 3 is 2.22 bits per heavy atom. The van der Waals surface area contributed by atoms with Crippen LogP contribution >= 0.6 is 22.6 Å². The van der Waals surface area contributed by atoms with E-state index in [0.717, 1.165) is 6.61 Å². The molecule has 0 aromatic heterocycles. The standard InChI is InChI=1S/C7H15IO/c1-6(2)9-5-7(3)4-8/h6-7H,4-5H2,1-3H3. The summed E-state index contributed by atoms with van der Waals surface area (Å²) in [5, 5.41) is 0. The van der Waals surface area contributed by atoms with Gasteiger partial charge in [-0.1, -0.05) is 29.5 Å². The Labute approximate surface area is 71.3 Å². The first-order valence-corrected chi connectivity index (χ1v) is 4.87. The van der Waals surface area contributed by atoms with Crippen molar-refractivity contribution in [2.75, 3.05) is 11.0 Å². The Bertz CT molecular complexity index is 63.9. The maximum Gasteiger partial charge on any atom is 0.0519 e. The smallest absolute Gasteiger partial charge is 0.0519 e. The molecule has 0 aliphatic rings. The molecule has 0 aromatic rings. The molecule has 0 aromatic carbocycles. The van der Waals surface area contributed by atoms with Crippen LogP contribution in [-0.4, -0.2) is 17.1 Å². The Morgan fingerprint density at radius 1 is 1.33 bits per heavy atom. The lowest BCUT2D eigenvalue weighted by Crippen LogP contribution is -2.11. The molecule has 56 valence electrons. The Hall–Kier alpha value is 0.690. The van der Waals surface area contributed by atoms with Gasteiger partial charge in [0.2, 0.25) is 0 Å².